The van der Waals surface area contributed by atoms with Crippen molar-refractivity contribution in [1.82, 2.24) is 0 Å². The van der Waals surface area contributed by atoms with Gasteiger partial charge in [0.1, 0.15) is 6.61 Å². The Kier molecular flexibility index (Phi) is 13.8. The number of hydrogen-bond donors (Lipinski definition) is 2. The van der Waals surface area contributed by atoms with Crippen molar-refractivity contribution in [2.75, 3.05) is 13.2 Å². The number of carboxylic acids is 1. The van der Waals surface area contributed by atoms with Gasteiger partial charge in [-0.2, -0.15) is 0 Å². The lowest BCUT2D eigenvalue weighted by Crippen LogP contribution is -2.01. The Morgan fingerprint density at radius 1 is 0.852 bits per heavy atom. The van der Waals surface area contributed by atoms with Crippen molar-refractivity contribution in [1.29, 1.82) is 0 Å². The molecule has 27 heavy (non-hydrogen) atoms. The molecule has 0 aliphatic rings. The van der Waals surface area contributed by atoms with E-state index >= 15 is 0 Å². The zero-order valence-corrected chi connectivity index (χ0v) is 17.1. The number of carbonyl (C=O) groups is 2. The highest BCUT2D eigenvalue weighted by atomic mass is 16.5. The molecule has 0 rings (SSSR count). The van der Waals surface area contributed by atoms with Gasteiger partial charge in [-0.1, -0.05) is 29.4 Å². The molecular formula is C22H34O5. The second-order valence-electron chi connectivity index (χ2n) is 6.81. The summed E-state index contributed by atoms with van der Waals surface area (Å²) < 4.78 is 4.85. The summed E-state index contributed by atoms with van der Waals surface area (Å²) in [4.78, 5) is 22.1. The van der Waals surface area contributed by atoms with Crippen LogP contribution in [0, 0.1) is 0 Å². The molecular weight excluding hydrogens is 344 g/mol. The maximum Gasteiger partial charge on any atom is 0.331 e. The molecule has 0 aromatic rings. The Morgan fingerprint density at radius 2 is 1.48 bits per heavy atom. The lowest BCUT2D eigenvalue weighted by molar-refractivity contribution is -0.139. The summed E-state index contributed by atoms with van der Waals surface area (Å²) in [7, 11) is 0. The monoisotopic (exact) mass is 378 g/mol. The molecule has 0 aromatic heterocycles. The van der Waals surface area contributed by atoms with E-state index in [1.807, 2.05) is 32.9 Å². The van der Waals surface area contributed by atoms with Gasteiger partial charge in [-0.15, -0.1) is 0 Å². The molecule has 0 saturated heterocycles. The summed E-state index contributed by atoms with van der Waals surface area (Å²) in [6, 6.07) is 0. The van der Waals surface area contributed by atoms with Gasteiger partial charge in [0.05, 0.1) is 6.61 Å². The maximum absolute atomic E-state index is 11.4. The smallest absolute Gasteiger partial charge is 0.331 e. The van der Waals surface area contributed by atoms with E-state index in [1.54, 1.807) is 6.08 Å². The van der Waals surface area contributed by atoms with Gasteiger partial charge in [0, 0.05) is 12.5 Å². The van der Waals surface area contributed by atoms with E-state index in [0.717, 1.165) is 30.4 Å². The van der Waals surface area contributed by atoms with E-state index in [9.17, 15) is 19.8 Å². The Labute approximate surface area is 163 Å². The second kappa shape index (κ2) is 15.0. The first-order chi connectivity index (χ1) is 12.8. The minimum absolute atomic E-state index is 0.00897. The second-order valence-corrected chi connectivity index (χ2v) is 6.81. The number of aliphatic hydroxyl groups is 1. The summed E-state index contributed by atoms with van der Waals surface area (Å²) >= 11 is 0. The maximum atomic E-state index is 11.4. The number of ether oxygens (including phenoxy) is 1. The highest BCUT2D eigenvalue weighted by molar-refractivity contribution is 5.86. The fourth-order valence-electron chi connectivity index (χ4n) is 2.40. The van der Waals surface area contributed by atoms with E-state index in [4.69, 9.17) is 4.74 Å². The molecule has 0 amide bonds. The van der Waals surface area contributed by atoms with Crippen molar-refractivity contribution in [3.8, 4) is 0 Å². The average molecular weight is 379 g/mol. The summed E-state index contributed by atoms with van der Waals surface area (Å²) in [5, 5.41) is 18.8. The van der Waals surface area contributed by atoms with Gasteiger partial charge in [-0.05, 0) is 70.9 Å². The summed E-state index contributed by atoms with van der Waals surface area (Å²) in [6.07, 6.45) is 11.7. The van der Waals surface area contributed by atoms with Crippen LogP contribution in [-0.4, -0.2) is 35.4 Å². The van der Waals surface area contributed by atoms with Crippen molar-refractivity contribution in [2.45, 2.75) is 66.2 Å². The number of carbonyl (C=O) groups excluding carboxylic acids is 1. The van der Waals surface area contributed by atoms with E-state index < -0.39 is 5.97 Å². The lowest BCUT2D eigenvalue weighted by Gasteiger charge is -2.05. The third-order valence-corrected chi connectivity index (χ3v) is 3.99. The highest BCUT2D eigenvalue weighted by Gasteiger charge is 2.06. The normalized spacial score (nSPS) is 12.7. The SMILES string of the molecule is CC(=O)OCC=C(C)CCC=C(CCC=C(CO)CCC=C(C)C)C(=O)O. The van der Waals surface area contributed by atoms with E-state index in [2.05, 4.69) is 6.08 Å². The van der Waals surface area contributed by atoms with Crippen molar-refractivity contribution in [3.05, 3.63) is 46.6 Å². The Balaban J connectivity index is 4.52. The third kappa shape index (κ3) is 14.7. The Hall–Kier alpha value is -2.14. The first-order valence-corrected chi connectivity index (χ1v) is 9.39. The molecule has 2 N–H and O–H groups in total. The van der Waals surface area contributed by atoms with Crippen LogP contribution in [0.25, 0.3) is 0 Å². The summed E-state index contributed by atoms with van der Waals surface area (Å²) in [5.41, 5.74) is 3.64. The van der Waals surface area contributed by atoms with Crippen LogP contribution in [0.4, 0.5) is 0 Å². The van der Waals surface area contributed by atoms with Crippen molar-refractivity contribution >= 4 is 11.9 Å². The van der Waals surface area contributed by atoms with Gasteiger partial charge in [0.25, 0.3) is 0 Å². The molecule has 0 radical (unpaired) electrons. The fraction of sp³-hybridized carbons (Fsp3) is 0.545. The van der Waals surface area contributed by atoms with E-state index in [1.165, 1.54) is 12.5 Å². The van der Waals surface area contributed by atoms with Crippen LogP contribution in [0.15, 0.2) is 46.6 Å². The standard InChI is InChI=1S/C22H34O5/c1-17(2)8-5-10-20(16-23)11-7-13-21(22(25)26)12-6-9-18(3)14-15-27-19(4)24/h8,11-12,14,23H,5-7,9-10,13,15-16H2,1-4H3,(H,25,26). The molecule has 0 heterocycles. The molecule has 5 heteroatoms. The molecule has 152 valence electrons. The zero-order chi connectivity index (χ0) is 20.7. The number of esters is 1. The van der Waals surface area contributed by atoms with Crippen LogP contribution in [0.2, 0.25) is 0 Å². The van der Waals surface area contributed by atoms with Gasteiger partial charge < -0.3 is 14.9 Å². The van der Waals surface area contributed by atoms with Crippen LogP contribution < -0.4 is 0 Å². The number of rotatable bonds is 13. The van der Waals surface area contributed by atoms with Gasteiger partial charge in [0.2, 0.25) is 0 Å². The van der Waals surface area contributed by atoms with E-state index in [-0.39, 0.29) is 19.2 Å². The third-order valence-electron chi connectivity index (χ3n) is 3.99. The van der Waals surface area contributed by atoms with Crippen molar-refractivity contribution < 1.29 is 24.5 Å². The number of hydrogen-bond acceptors (Lipinski definition) is 4. The average Bonchev–Trinajstić information content (AvgIpc) is 2.58. The molecule has 0 unspecified atom stereocenters. The number of aliphatic hydroxyl groups excluding tert-OH is 1. The first kappa shape index (κ1) is 24.9. The number of carboxylic acid groups (broad SMARTS) is 1. The summed E-state index contributed by atoms with van der Waals surface area (Å²) in [6.45, 7) is 7.63. The topological polar surface area (TPSA) is 83.8 Å². The molecule has 0 bridgehead atoms. The molecule has 0 aromatic carbocycles. The van der Waals surface area contributed by atoms with Crippen LogP contribution in [0.5, 0.6) is 0 Å². The highest BCUT2D eigenvalue weighted by Crippen LogP contribution is 2.14. The molecule has 0 aliphatic heterocycles. The van der Waals surface area contributed by atoms with Crippen LogP contribution in [0.3, 0.4) is 0 Å². The van der Waals surface area contributed by atoms with Gasteiger partial charge in [-0.25, -0.2) is 4.79 Å². The van der Waals surface area contributed by atoms with Gasteiger partial charge in [-0.3, -0.25) is 4.79 Å². The lowest BCUT2D eigenvalue weighted by atomic mass is 10.0. The molecule has 0 saturated carbocycles. The van der Waals surface area contributed by atoms with Crippen molar-refractivity contribution in [3.63, 3.8) is 0 Å². The van der Waals surface area contributed by atoms with Gasteiger partial charge in [0.15, 0.2) is 0 Å². The molecule has 5 nitrogen and oxygen atoms in total. The van der Waals surface area contributed by atoms with Crippen LogP contribution >= 0.6 is 0 Å². The van der Waals surface area contributed by atoms with E-state index in [0.29, 0.717) is 24.8 Å². The zero-order valence-electron chi connectivity index (χ0n) is 17.1. The largest absolute Gasteiger partial charge is 0.478 e. The molecule has 0 atom stereocenters. The summed E-state index contributed by atoms with van der Waals surface area (Å²) in [5.74, 6) is -1.22. The number of allylic oxidation sites excluding steroid dienone is 5. The van der Waals surface area contributed by atoms with Gasteiger partial charge >= 0.3 is 11.9 Å². The quantitative estimate of drug-likeness (QED) is 0.275. The predicted octanol–water partition coefficient (Wildman–Crippen LogP) is 4.73. The first-order valence-electron chi connectivity index (χ1n) is 9.39. The molecule has 0 spiro atoms. The minimum Gasteiger partial charge on any atom is -0.478 e. The Bertz CT molecular complexity index is 590. The van der Waals surface area contributed by atoms with Crippen LogP contribution in [-0.2, 0) is 14.3 Å². The fourth-order valence-corrected chi connectivity index (χ4v) is 2.40. The minimum atomic E-state index is -0.903. The van der Waals surface area contributed by atoms with Crippen molar-refractivity contribution in [2.24, 2.45) is 0 Å². The molecule has 0 aliphatic carbocycles. The number of aliphatic carboxylic acids is 1. The predicted molar refractivity (Wildman–Crippen MR) is 108 cm³/mol. The molecule has 0 fully saturated rings. The Morgan fingerprint density at radius 3 is 2.04 bits per heavy atom. The van der Waals surface area contributed by atoms with Crippen LogP contribution in [0.1, 0.15) is 66.2 Å².